The predicted molar refractivity (Wildman–Crippen MR) is 76.4 cm³/mol. The van der Waals surface area contributed by atoms with Gasteiger partial charge in [0.15, 0.2) is 0 Å². The molecule has 1 aromatic rings. The summed E-state index contributed by atoms with van der Waals surface area (Å²) in [5.41, 5.74) is 7.68. The Bertz CT molecular complexity index is 419. The van der Waals surface area contributed by atoms with Gasteiger partial charge in [-0.1, -0.05) is 0 Å². The van der Waals surface area contributed by atoms with Crippen molar-refractivity contribution in [1.29, 1.82) is 0 Å². The first-order valence-corrected chi connectivity index (χ1v) is 6.38. The summed E-state index contributed by atoms with van der Waals surface area (Å²) in [5.74, 6) is -0.386. The second-order valence-corrected chi connectivity index (χ2v) is 4.49. The number of rotatable bonds is 7. The highest BCUT2D eigenvalue weighted by Gasteiger charge is 2.07. The molecular weight excluding hydrogens is 244 g/mol. The molecule has 0 aliphatic heterocycles. The number of ether oxygens (including phenoxy) is 2. The number of nitrogens with two attached hydrogens (primary N) is 1. The van der Waals surface area contributed by atoms with E-state index < -0.39 is 0 Å². The van der Waals surface area contributed by atoms with Crippen molar-refractivity contribution in [3.8, 4) is 0 Å². The summed E-state index contributed by atoms with van der Waals surface area (Å²) in [6.45, 7) is 5.51. The van der Waals surface area contributed by atoms with Gasteiger partial charge < -0.3 is 20.5 Å². The normalized spacial score (nSPS) is 10.5. The van der Waals surface area contributed by atoms with Crippen LogP contribution in [-0.2, 0) is 9.47 Å². The second kappa shape index (κ2) is 7.63. The maximum Gasteiger partial charge on any atom is 0.337 e. The first kappa shape index (κ1) is 15.3. The molecule has 0 aliphatic carbocycles. The van der Waals surface area contributed by atoms with E-state index in [-0.39, 0.29) is 12.1 Å². The predicted octanol–water partition coefficient (Wildman–Crippen LogP) is 2.28. The van der Waals surface area contributed by atoms with E-state index in [9.17, 15) is 4.79 Å². The smallest absolute Gasteiger partial charge is 0.337 e. The van der Waals surface area contributed by atoms with Gasteiger partial charge in [-0.3, -0.25) is 0 Å². The van der Waals surface area contributed by atoms with Gasteiger partial charge in [-0.15, -0.1) is 0 Å². The van der Waals surface area contributed by atoms with Gasteiger partial charge in [0.05, 0.1) is 30.2 Å². The molecule has 1 rings (SSSR count). The van der Waals surface area contributed by atoms with Crippen molar-refractivity contribution in [3.63, 3.8) is 0 Å². The molecule has 5 nitrogen and oxygen atoms in total. The van der Waals surface area contributed by atoms with Crippen LogP contribution in [0.3, 0.4) is 0 Å². The topological polar surface area (TPSA) is 73.6 Å². The fourth-order valence-electron chi connectivity index (χ4n) is 1.58. The Labute approximate surface area is 114 Å². The lowest BCUT2D eigenvalue weighted by Gasteiger charge is -2.11. The number of benzene rings is 1. The zero-order chi connectivity index (χ0) is 14.3. The average Bonchev–Trinajstić information content (AvgIpc) is 2.38. The third kappa shape index (κ3) is 5.18. The van der Waals surface area contributed by atoms with Crippen LogP contribution in [-0.4, -0.2) is 32.3 Å². The summed E-state index contributed by atoms with van der Waals surface area (Å²) in [7, 11) is 1.35. The number of esters is 1. The van der Waals surface area contributed by atoms with Gasteiger partial charge in [-0.05, 0) is 38.5 Å². The van der Waals surface area contributed by atoms with E-state index in [1.165, 1.54) is 7.11 Å². The Hall–Kier alpha value is -1.75. The Balaban J connectivity index is 2.44. The molecule has 106 valence electrons. The minimum absolute atomic E-state index is 0.254. The van der Waals surface area contributed by atoms with Gasteiger partial charge >= 0.3 is 5.97 Å². The summed E-state index contributed by atoms with van der Waals surface area (Å²) in [4.78, 5) is 11.3. The van der Waals surface area contributed by atoms with Crippen LogP contribution in [0.5, 0.6) is 0 Å². The van der Waals surface area contributed by atoms with Crippen molar-refractivity contribution in [1.82, 2.24) is 0 Å². The first-order chi connectivity index (χ1) is 9.04. The van der Waals surface area contributed by atoms with Crippen molar-refractivity contribution >= 4 is 17.3 Å². The third-order valence-corrected chi connectivity index (χ3v) is 2.56. The van der Waals surface area contributed by atoms with Gasteiger partial charge in [-0.25, -0.2) is 4.79 Å². The lowest BCUT2D eigenvalue weighted by molar-refractivity contribution is 0.0601. The monoisotopic (exact) mass is 266 g/mol. The number of hydrogen-bond acceptors (Lipinski definition) is 5. The van der Waals surface area contributed by atoms with Gasteiger partial charge in [0, 0.05) is 13.2 Å². The Kier molecular flexibility index (Phi) is 6.15. The van der Waals surface area contributed by atoms with Gasteiger partial charge in [0.2, 0.25) is 0 Å². The van der Waals surface area contributed by atoms with Crippen LogP contribution < -0.4 is 11.1 Å². The van der Waals surface area contributed by atoms with Gasteiger partial charge in [0.25, 0.3) is 0 Å². The van der Waals surface area contributed by atoms with Crippen LogP contribution in [0.1, 0.15) is 30.6 Å². The summed E-state index contributed by atoms with van der Waals surface area (Å²) in [5, 5.41) is 3.21. The first-order valence-electron chi connectivity index (χ1n) is 6.38. The summed E-state index contributed by atoms with van der Waals surface area (Å²) < 4.78 is 10.1. The summed E-state index contributed by atoms with van der Waals surface area (Å²) >= 11 is 0. The number of carbonyl (C=O) groups excluding carboxylic acids is 1. The molecule has 0 fully saturated rings. The number of hydrogen-bond donors (Lipinski definition) is 2. The van der Waals surface area contributed by atoms with E-state index in [1.807, 2.05) is 13.8 Å². The maximum atomic E-state index is 11.3. The van der Waals surface area contributed by atoms with Crippen LogP contribution in [0.15, 0.2) is 18.2 Å². The van der Waals surface area contributed by atoms with Crippen LogP contribution in [0.4, 0.5) is 11.4 Å². The van der Waals surface area contributed by atoms with E-state index in [4.69, 9.17) is 10.5 Å². The quantitative estimate of drug-likeness (QED) is 0.450. The molecule has 0 heterocycles. The minimum Gasteiger partial charge on any atom is -0.465 e. The largest absolute Gasteiger partial charge is 0.465 e. The molecule has 3 N–H and O–H groups in total. The molecule has 0 saturated heterocycles. The van der Waals surface area contributed by atoms with Gasteiger partial charge in [-0.2, -0.15) is 0 Å². The lowest BCUT2D eigenvalue weighted by Crippen LogP contribution is -2.10. The molecule has 0 bridgehead atoms. The van der Waals surface area contributed by atoms with Crippen LogP contribution in [0.25, 0.3) is 0 Å². The molecule has 1 aromatic carbocycles. The number of carbonyl (C=O) groups is 1. The Morgan fingerprint density at radius 1 is 1.42 bits per heavy atom. The van der Waals surface area contributed by atoms with E-state index >= 15 is 0 Å². The van der Waals surface area contributed by atoms with E-state index in [0.717, 1.165) is 18.7 Å². The molecule has 0 amide bonds. The van der Waals surface area contributed by atoms with Crippen LogP contribution in [0, 0.1) is 0 Å². The Morgan fingerprint density at radius 2 is 2.16 bits per heavy atom. The molecule has 0 atom stereocenters. The van der Waals surface area contributed by atoms with E-state index in [0.29, 0.717) is 17.9 Å². The SMILES string of the molecule is COC(=O)c1ccc(NCCCOC(C)C)c(N)c1. The molecule has 19 heavy (non-hydrogen) atoms. The highest BCUT2D eigenvalue weighted by atomic mass is 16.5. The van der Waals surface area contributed by atoms with Crippen molar-refractivity contribution < 1.29 is 14.3 Å². The molecule has 0 unspecified atom stereocenters. The van der Waals surface area contributed by atoms with Crippen molar-refractivity contribution in [2.75, 3.05) is 31.3 Å². The number of methoxy groups -OCH3 is 1. The number of nitrogen functional groups attached to an aromatic ring is 1. The zero-order valence-electron chi connectivity index (χ0n) is 11.7. The molecule has 0 aliphatic rings. The van der Waals surface area contributed by atoms with Crippen molar-refractivity contribution in [2.24, 2.45) is 0 Å². The fourth-order valence-corrected chi connectivity index (χ4v) is 1.58. The highest BCUT2D eigenvalue weighted by molar-refractivity contribution is 5.91. The van der Waals surface area contributed by atoms with E-state index in [2.05, 4.69) is 10.1 Å². The molecule has 0 aromatic heterocycles. The molecule has 0 radical (unpaired) electrons. The summed E-state index contributed by atoms with van der Waals surface area (Å²) in [6.07, 6.45) is 1.15. The number of nitrogens with one attached hydrogen (secondary N) is 1. The number of anilines is 2. The van der Waals surface area contributed by atoms with Crippen LogP contribution in [0.2, 0.25) is 0 Å². The highest BCUT2D eigenvalue weighted by Crippen LogP contribution is 2.20. The Morgan fingerprint density at radius 3 is 2.74 bits per heavy atom. The van der Waals surface area contributed by atoms with Crippen molar-refractivity contribution in [3.05, 3.63) is 23.8 Å². The zero-order valence-corrected chi connectivity index (χ0v) is 11.7. The maximum absolute atomic E-state index is 11.3. The third-order valence-electron chi connectivity index (χ3n) is 2.56. The van der Waals surface area contributed by atoms with Gasteiger partial charge in [0.1, 0.15) is 0 Å². The molecule has 0 spiro atoms. The average molecular weight is 266 g/mol. The molecule has 0 saturated carbocycles. The minimum atomic E-state index is -0.386. The van der Waals surface area contributed by atoms with E-state index in [1.54, 1.807) is 18.2 Å². The molecule has 5 heteroatoms. The standard InChI is InChI=1S/C14H22N2O3/c1-10(2)19-8-4-7-16-13-6-5-11(9-12(13)15)14(17)18-3/h5-6,9-10,16H,4,7-8,15H2,1-3H3. The second-order valence-electron chi connectivity index (χ2n) is 4.49. The molecular formula is C14H22N2O3. The summed E-state index contributed by atoms with van der Waals surface area (Å²) in [6, 6.07) is 5.08. The van der Waals surface area contributed by atoms with Crippen LogP contribution >= 0.6 is 0 Å². The van der Waals surface area contributed by atoms with Crippen molar-refractivity contribution in [2.45, 2.75) is 26.4 Å². The lowest BCUT2D eigenvalue weighted by atomic mass is 10.1. The fraction of sp³-hybridized carbons (Fsp3) is 0.500.